The Kier molecular flexibility index (Phi) is 5.86. The van der Waals surface area contributed by atoms with Gasteiger partial charge < -0.3 is 4.74 Å². The molecule has 3 aromatic rings. The van der Waals surface area contributed by atoms with Crippen LogP contribution < -0.4 is 9.46 Å². The van der Waals surface area contributed by atoms with E-state index in [4.69, 9.17) is 4.74 Å². The summed E-state index contributed by atoms with van der Waals surface area (Å²) in [5, 5.41) is 13.9. The number of anilines is 1. The van der Waals surface area contributed by atoms with Crippen LogP contribution in [0.3, 0.4) is 0 Å². The van der Waals surface area contributed by atoms with Crippen LogP contribution >= 0.6 is 0 Å². The summed E-state index contributed by atoms with van der Waals surface area (Å²) in [6.45, 7) is 0. The molecule has 0 saturated heterocycles. The number of rotatable bonds is 6. The van der Waals surface area contributed by atoms with Crippen molar-refractivity contribution >= 4 is 15.8 Å². The van der Waals surface area contributed by atoms with E-state index in [0.29, 0.717) is 5.75 Å². The molecule has 2 unspecified atom stereocenters. The second-order valence-corrected chi connectivity index (χ2v) is 9.08. The third-order valence-electron chi connectivity index (χ3n) is 5.42. The number of benzene rings is 1. The Balaban J connectivity index is 1.58. The van der Waals surface area contributed by atoms with Crippen molar-refractivity contribution in [3.05, 3.63) is 60.3 Å². The molecular weight excluding hydrogens is 416 g/mol. The minimum Gasteiger partial charge on any atom is -0.488 e. The highest BCUT2D eigenvalue weighted by molar-refractivity contribution is 7.92. The Morgan fingerprint density at radius 3 is 2.74 bits per heavy atom. The molecule has 0 radical (unpaired) electrons. The van der Waals surface area contributed by atoms with Gasteiger partial charge in [0.1, 0.15) is 30.1 Å². The number of hydrogen-bond acceptors (Lipinski definition) is 7. The van der Waals surface area contributed by atoms with Crippen molar-refractivity contribution in [2.75, 3.05) is 4.72 Å². The zero-order valence-electron chi connectivity index (χ0n) is 17.0. The van der Waals surface area contributed by atoms with Crippen molar-refractivity contribution in [1.82, 2.24) is 19.7 Å². The summed E-state index contributed by atoms with van der Waals surface area (Å²) in [6, 6.07) is 9.80. The zero-order chi connectivity index (χ0) is 21.8. The fourth-order valence-corrected chi connectivity index (χ4v) is 4.94. The lowest BCUT2D eigenvalue weighted by Crippen LogP contribution is -2.30. The smallest absolute Gasteiger partial charge is 0.263 e. The predicted octanol–water partition coefficient (Wildman–Crippen LogP) is 2.99. The number of hydrogen-bond donors (Lipinski definition) is 1. The second kappa shape index (κ2) is 8.73. The van der Waals surface area contributed by atoms with E-state index in [0.717, 1.165) is 31.4 Å². The van der Waals surface area contributed by atoms with Crippen LogP contribution in [0.2, 0.25) is 0 Å². The Bertz CT molecular complexity index is 1200. The quantitative estimate of drug-likeness (QED) is 0.627. The molecule has 1 saturated carbocycles. The average Bonchev–Trinajstić information content (AvgIpc) is 3.20. The van der Waals surface area contributed by atoms with Gasteiger partial charge in [0.25, 0.3) is 10.0 Å². The molecule has 4 rings (SSSR count). The van der Waals surface area contributed by atoms with E-state index in [9.17, 15) is 13.7 Å². The lowest BCUT2D eigenvalue weighted by atomic mass is 9.84. The topological polar surface area (TPSA) is 123 Å². The van der Waals surface area contributed by atoms with E-state index in [2.05, 4.69) is 25.9 Å². The number of sulfonamides is 1. The molecule has 160 valence electrons. The first-order chi connectivity index (χ1) is 15.0. The van der Waals surface area contributed by atoms with Crippen LogP contribution in [0, 0.1) is 11.3 Å². The van der Waals surface area contributed by atoms with Crippen LogP contribution in [-0.2, 0) is 17.1 Å². The standard InChI is InChI=1S/C21H22N6O3S/c1-27-18(8-11-25-27)17-4-2-3-5-20(17)30-19-7-6-16(12-15(19)13-22)31(28,29)26-21-9-10-23-14-24-21/h6-12,14,17,20H,2-5H2,1H3,(H,23,24,26). The molecule has 1 aliphatic rings. The summed E-state index contributed by atoms with van der Waals surface area (Å²) in [7, 11) is -2.00. The summed E-state index contributed by atoms with van der Waals surface area (Å²) in [5.74, 6) is 0.688. The van der Waals surface area contributed by atoms with Crippen LogP contribution in [0.15, 0.2) is 53.9 Å². The molecule has 0 amide bonds. The zero-order valence-corrected chi connectivity index (χ0v) is 17.8. The van der Waals surface area contributed by atoms with Gasteiger partial charge in [-0.3, -0.25) is 9.40 Å². The number of nitrogens with zero attached hydrogens (tertiary/aromatic N) is 5. The summed E-state index contributed by atoms with van der Waals surface area (Å²) >= 11 is 0. The summed E-state index contributed by atoms with van der Waals surface area (Å²) in [5.41, 5.74) is 1.26. The van der Waals surface area contributed by atoms with Crippen LogP contribution in [0.5, 0.6) is 5.75 Å². The number of nitrogens with one attached hydrogen (secondary N) is 1. The highest BCUT2D eigenvalue weighted by Crippen LogP contribution is 2.36. The van der Waals surface area contributed by atoms with Gasteiger partial charge in [-0.25, -0.2) is 18.4 Å². The summed E-state index contributed by atoms with van der Waals surface area (Å²) < 4.78 is 35.9. The third-order valence-corrected chi connectivity index (χ3v) is 6.77. The van der Waals surface area contributed by atoms with E-state index in [1.807, 2.05) is 17.8 Å². The molecule has 10 heteroatoms. The van der Waals surface area contributed by atoms with Crippen molar-refractivity contribution in [2.45, 2.75) is 42.6 Å². The Morgan fingerprint density at radius 2 is 2.03 bits per heavy atom. The molecule has 1 fully saturated rings. The average molecular weight is 439 g/mol. The van der Waals surface area contributed by atoms with Gasteiger partial charge in [-0.2, -0.15) is 10.4 Å². The highest BCUT2D eigenvalue weighted by atomic mass is 32.2. The summed E-state index contributed by atoms with van der Waals surface area (Å²) in [6.07, 6.45) is 8.31. The van der Waals surface area contributed by atoms with E-state index < -0.39 is 10.0 Å². The van der Waals surface area contributed by atoms with Crippen molar-refractivity contribution in [3.8, 4) is 11.8 Å². The molecule has 2 atom stereocenters. The van der Waals surface area contributed by atoms with E-state index in [1.165, 1.54) is 30.7 Å². The molecule has 1 aromatic carbocycles. The number of nitriles is 1. The van der Waals surface area contributed by atoms with Crippen LogP contribution in [-0.4, -0.2) is 34.3 Å². The lowest BCUT2D eigenvalue weighted by Gasteiger charge is -2.32. The maximum atomic E-state index is 12.7. The van der Waals surface area contributed by atoms with Crippen LogP contribution in [0.25, 0.3) is 0 Å². The fourth-order valence-electron chi connectivity index (χ4n) is 3.90. The minimum atomic E-state index is -3.91. The summed E-state index contributed by atoms with van der Waals surface area (Å²) in [4.78, 5) is 7.59. The molecule has 1 N–H and O–H groups in total. The second-order valence-electron chi connectivity index (χ2n) is 7.40. The monoisotopic (exact) mass is 438 g/mol. The van der Waals surface area contributed by atoms with Gasteiger partial charge in [-0.1, -0.05) is 6.42 Å². The normalized spacial score (nSPS) is 18.8. The van der Waals surface area contributed by atoms with Gasteiger partial charge in [0, 0.05) is 31.1 Å². The number of aromatic nitrogens is 4. The van der Waals surface area contributed by atoms with Gasteiger partial charge in [-0.15, -0.1) is 0 Å². The van der Waals surface area contributed by atoms with Crippen molar-refractivity contribution in [1.29, 1.82) is 5.26 Å². The predicted molar refractivity (Wildman–Crippen MR) is 113 cm³/mol. The molecule has 9 nitrogen and oxygen atoms in total. The third kappa shape index (κ3) is 4.51. The van der Waals surface area contributed by atoms with Gasteiger partial charge in [0.05, 0.1) is 10.5 Å². The van der Waals surface area contributed by atoms with Crippen LogP contribution in [0.4, 0.5) is 5.82 Å². The molecular formula is C21H22N6O3S. The van der Waals surface area contributed by atoms with Crippen LogP contribution in [0.1, 0.15) is 42.9 Å². The first kappa shape index (κ1) is 20.8. The first-order valence-electron chi connectivity index (χ1n) is 9.95. The van der Waals surface area contributed by atoms with Crippen molar-refractivity contribution < 1.29 is 13.2 Å². The highest BCUT2D eigenvalue weighted by Gasteiger charge is 2.31. The number of aryl methyl sites for hydroxylation is 1. The van der Waals surface area contributed by atoms with E-state index in [1.54, 1.807) is 12.3 Å². The molecule has 0 spiro atoms. The van der Waals surface area contributed by atoms with Gasteiger partial charge in [-0.05, 0) is 49.6 Å². The Hall–Kier alpha value is -3.45. The fraction of sp³-hybridized carbons (Fsp3) is 0.333. The molecule has 31 heavy (non-hydrogen) atoms. The molecule has 0 bridgehead atoms. The lowest BCUT2D eigenvalue weighted by molar-refractivity contribution is 0.126. The Morgan fingerprint density at radius 1 is 1.19 bits per heavy atom. The number of ether oxygens (including phenoxy) is 1. The van der Waals surface area contributed by atoms with E-state index in [-0.39, 0.29) is 28.3 Å². The van der Waals surface area contributed by atoms with Crippen molar-refractivity contribution in [3.63, 3.8) is 0 Å². The molecule has 1 aliphatic carbocycles. The SMILES string of the molecule is Cn1nccc1C1CCCCC1Oc1ccc(S(=O)(=O)Nc2ccncn2)cc1C#N. The van der Waals surface area contributed by atoms with Crippen molar-refractivity contribution in [2.24, 2.45) is 7.05 Å². The van der Waals surface area contributed by atoms with Gasteiger partial charge in [0.2, 0.25) is 0 Å². The van der Waals surface area contributed by atoms with E-state index >= 15 is 0 Å². The molecule has 0 aliphatic heterocycles. The molecule has 2 heterocycles. The maximum Gasteiger partial charge on any atom is 0.263 e. The largest absolute Gasteiger partial charge is 0.488 e. The Labute approximate surface area is 180 Å². The maximum absolute atomic E-state index is 12.7. The van der Waals surface area contributed by atoms with Gasteiger partial charge >= 0.3 is 0 Å². The minimum absolute atomic E-state index is 0.0400. The first-order valence-corrected chi connectivity index (χ1v) is 11.4. The van der Waals surface area contributed by atoms with Gasteiger partial charge in [0.15, 0.2) is 0 Å². The molecule has 2 aromatic heterocycles.